The maximum absolute atomic E-state index is 12.7. The van der Waals surface area contributed by atoms with Crippen LogP contribution in [0.3, 0.4) is 0 Å². The Hall–Kier alpha value is -1.50. The van der Waals surface area contributed by atoms with Crippen molar-refractivity contribution in [2.45, 2.75) is 18.9 Å². The molecule has 1 aromatic rings. The average Bonchev–Trinajstić information content (AvgIpc) is 2.59. The van der Waals surface area contributed by atoms with Crippen molar-refractivity contribution in [3.63, 3.8) is 0 Å². The third-order valence-electron chi connectivity index (χ3n) is 2.28. The summed E-state index contributed by atoms with van der Waals surface area (Å²) in [6, 6.07) is 1.21. The molecule has 0 spiro atoms. The Morgan fingerprint density at radius 2 is 2.25 bits per heavy atom. The normalized spacial score (nSPS) is 14.9. The molecule has 1 unspecified atom stereocenters. The molecule has 0 saturated carbocycles. The van der Waals surface area contributed by atoms with E-state index >= 15 is 0 Å². The predicted molar refractivity (Wildman–Crippen MR) is 52.1 cm³/mol. The molecule has 1 heterocycles. The number of aromatic nitrogens is 2. The Bertz CT molecular complexity index is 401. The lowest BCUT2D eigenvalue weighted by molar-refractivity contribution is 0.0577. The van der Waals surface area contributed by atoms with Crippen LogP contribution in [0.15, 0.2) is 6.07 Å². The zero-order valence-corrected chi connectivity index (χ0v) is 9.20. The number of methoxy groups -OCH3 is 1. The van der Waals surface area contributed by atoms with E-state index in [0.717, 1.165) is 4.68 Å². The molecule has 0 amide bonds. The summed E-state index contributed by atoms with van der Waals surface area (Å²) in [7, 11) is 2.63. The van der Waals surface area contributed by atoms with Gasteiger partial charge in [0.2, 0.25) is 0 Å². The van der Waals surface area contributed by atoms with Gasteiger partial charge in [-0.1, -0.05) is 0 Å². The van der Waals surface area contributed by atoms with Crippen molar-refractivity contribution in [1.82, 2.24) is 9.78 Å². The first kappa shape index (κ1) is 12.6. The minimum atomic E-state index is -2.76. The Labute approximate surface area is 91.2 Å². The summed E-state index contributed by atoms with van der Waals surface area (Å²) in [5.41, 5.74) is 3.65. The molecule has 0 fully saturated rings. The number of nitrogens with zero attached hydrogens (tertiary/aromatic N) is 2. The minimum Gasteiger partial charge on any atom is -0.464 e. The molecular formula is C9H13F2N3O2. The van der Waals surface area contributed by atoms with Crippen LogP contribution in [0.4, 0.5) is 8.78 Å². The maximum atomic E-state index is 12.7. The molecule has 1 atom stereocenters. The first-order chi connectivity index (χ1) is 7.30. The van der Waals surface area contributed by atoms with Gasteiger partial charge in [0.15, 0.2) is 5.69 Å². The number of carbonyl (C=O) groups is 1. The van der Waals surface area contributed by atoms with Crippen LogP contribution in [0.25, 0.3) is 0 Å². The largest absolute Gasteiger partial charge is 0.464 e. The van der Waals surface area contributed by atoms with Gasteiger partial charge in [0.25, 0.3) is 6.43 Å². The topological polar surface area (TPSA) is 70.1 Å². The lowest BCUT2D eigenvalue weighted by Crippen LogP contribution is -2.42. The number of alkyl halides is 2. The van der Waals surface area contributed by atoms with Crippen LogP contribution in [0.5, 0.6) is 0 Å². The first-order valence-corrected chi connectivity index (χ1v) is 4.50. The third-order valence-corrected chi connectivity index (χ3v) is 2.28. The van der Waals surface area contributed by atoms with Crippen molar-refractivity contribution < 1.29 is 18.3 Å². The van der Waals surface area contributed by atoms with Crippen LogP contribution in [0, 0.1) is 0 Å². The first-order valence-electron chi connectivity index (χ1n) is 4.50. The van der Waals surface area contributed by atoms with Crippen molar-refractivity contribution in [1.29, 1.82) is 0 Å². The van der Waals surface area contributed by atoms with Gasteiger partial charge in [0.05, 0.1) is 12.8 Å². The monoisotopic (exact) mass is 233 g/mol. The number of rotatable bonds is 3. The second kappa shape index (κ2) is 4.17. The van der Waals surface area contributed by atoms with Crippen molar-refractivity contribution in [2.75, 3.05) is 7.11 Å². The fourth-order valence-electron chi connectivity index (χ4n) is 1.29. The van der Waals surface area contributed by atoms with E-state index in [1.165, 1.54) is 27.1 Å². The van der Waals surface area contributed by atoms with E-state index in [9.17, 15) is 13.6 Å². The minimum absolute atomic E-state index is 0.0441. The summed E-state index contributed by atoms with van der Waals surface area (Å²) < 4.78 is 31.0. The lowest BCUT2D eigenvalue weighted by atomic mass is 10.00. The van der Waals surface area contributed by atoms with Gasteiger partial charge in [-0.05, 0) is 13.0 Å². The summed E-state index contributed by atoms with van der Waals surface area (Å²) in [5, 5.41) is 3.76. The van der Waals surface area contributed by atoms with Gasteiger partial charge in [-0.25, -0.2) is 13.6 Å². The highest BCUT2D eigenvalue weighted by atomic mass is 19.3. The molecule has 2 N–H and O–H groups in total. The Kier molecular flexibility index (Phi) is 3.27. The summed E-state index contributed by atoms with van der Waals surface area (Å²) in [5.74, 6) is -0.688. The third kappa shape index (κ3) is 2.04. The fraction of sp³-hybridized carbons (Fsp3) is 0.556. The van der Waals surface area contributed by atoms with Crippen LogP contribution in [-0.2, 0) is 17.3 Å². The zero-order valence-electron chi connectivity index (χ0n) is 9.20. The van der Waals surface area contributed by atoms with Crippen LogP contribution in [0.1, 0.15) is 23.1 Å². The molecule has 0 aromatic carbocycles. The highest BCUT2D eigenvalue weighted by Crippen LogP contribution is 2.25. The number of carbonyl (C=O) groups excluding carboxylic acids is 1. The molecule has 16 heavy (non-hydrogen) atoms. The predicted octanol–water partition coefficient (Wildman–Crippen LogP) is 0.646. The van der Waals surface area contributed by atoms with Crippen LogP contribution < -0.4 is 5.73 Å². The second-order valence-electron chi connectivity index (χ2n) is 3.61. The SMILES string of the molecule is COC(=O)c1cc(C(C)(N)C(F)F)n(C)n1. The van der Waals surface area contributed by atoms with Crippen molar-refractivity contribution >= 4 is 5.97 Å². The van der Waals surface area contributed by atoms with Crippen LogP contribution in [0.2, 0.25) is 0 Å². The van der Waals surface area contributed by atoms with Gasteiger partial charge >= 0.3 is 5.97 Å². The van der Waals surface area contributed by atoms with Crippen molar-refractivity contribution in [2.24, 2.45) is 12.8 Å². The molecule has 5 nitrogen and oxygen atoms in total. The zero-order chi connectivity index (χ0) is 12.5. The Morgan fingerprint density at radius 3 is 2.69 bits per heavy atom. The van der Waals surface area contributed by atoms with E-state index in [1.54, 1.807) is 0 Å². The van der Waals surface area contributed by atoms with E-state index in [-0.39, 0.29) is 11.4 Å². The van der Waals surface area contributed by atoms with Gasteiger partial charge in [0, 0.05) is 7.05 Å². The highest BCUT2D eigenvalue weighted by molar-refractivity contribution is 5.87. The Balaban J connectivity index is 3.17. The molecule has 7 heteroatoms. The molecular weight excluding hydrogens is 220 g/mol. The van der Waals surface area contributed by atoms with Gasteiger partial charge in [-0.3, -0.25) is 4.68 Å². The highest BCUT2D eigenvalue weighted by Gasteiger charge is 2.36. The van der Waals surface area contributed by atoms with Gasteiger partial charge in [-0.2, -0.15) is 5.10 Å². The molecule has 0 aliphatic carbocycles. The van der Waals surface area contributed by atoms with Gasteiger partial charge in [0.1, 0.15) is 5.54 Å². The van der Waals surface area contributed by atoms with Gasteiger partial charge < -0.3 is 10.5 Å². The summed E-state index contributed by atoms with van der Waals surface area (Å²) in [6.45, 7) is 1.18. The van der Waals surface area contributed by atoms with Crippen LogP contribution in [-0.4, -0.2) is 29.3 Å². The number of nitrogens with two attached hydrogens (primary N) is 1. The molecule has 0 saturated heterocycles. The van der Waals surface area contributed by atoms with Crippen LogP contribution >= 0.6 is 0 Å². The van der Waals surface area contributed by atoms with Crippen molar-refractivity contribution in [3.8, 4) is 0 Å². The standard InChI is InChI=1S/C9H13F2N3O2/c1-9(12,8(10)11)6-4-5(7(15)16-3)13-14(6)2/h4,8H,12H2,1-3H3. The fourth-order valence-corrected chi connectivity index (χ4v) is 1.29. The molecule has 0 aliphatic rings. The summed E-state index contributed by atoms with van der Waals surface area (Å²) >= 11 is 0. The van der Waals surface area contributed by atoms with Gasteiger partial charge in [-0.15, -0.1) is 0 Å². The molecule has 0 radical (unpaired) electrons. The quantitative estimate of drug-likeness (QED) is 0.778. The lowest BCUT2D eigenvalue weighted by Gasteiger charge is -2.23. The molecule has 0 aliphatic heterocycles. The number of halogens is 2. The molecule has 0 bridgehead atoms. The molecule has 90 valence electrons. The molecule has 1 aromatic heterocycles. The summed E-state index contributed by atoms with van der Waals surface area (Å²) in [6.07, 6.45) is -2.76. The van der Waals surface area contributed by atoms with E-state index < -0.39 is 17.9 Å². The molecule has 1 rings (SSSR count). The van der Waals surface area contributed by atoms with E-state index in [0.29, 0.717) is 0 Å². The van der Waals surface area contributed by atoms with Crippen molar-refractivity contribution in [3.05, 3.63) is 17.5 Å². The number of hydrogen-bond donors (Lipinski definition) is 1. The average molecular weight is 233 g/mol. The maximum Gasteiger partial charge on any atom is 0.358 e. The number of aryl methyl sites for hydroxylation is 1. The number of ether oxygens (including phenoxy) is 1. The Morgan fingerprint density at radius 1 is 1.69 bits per heavy atom. The van der Waals surface area contributed by atoms with E-state index in [4.69, 9.17) is 5.73 Å². The summed E-state index contributed by atoms with van der Waals surface area (Å²) in [4.78, 5) is 11.1. The second-order valence-corrected chi connectivity index (χ2v) is 3.61. The number of esters is 1. The van der Waals surface area contributed by atoms with E-state index in [2.05, 4.69) is 9.84 Å². The van der Waals surface area contributed by atoms with E-state index in [1.807, 2.05) is 0 Å². The number of hydrogen-bond acceptors (Lipinski definition) is 4. The smallest absolute Gasteiger partial charge is 0.358 e.